The summed E-state index contributed by atoms with van der Waals surface area (Å²) in [6.45, 7) is 10.9. The number of phenolic OH excluding ortho intramolecular Hbond substituents is 1. The molecular formula is C27H36ClN3O3. The largest absolute Gasteiger partial charge is 0.507 e. The van der Waals surface area contributed by atoms with Crippen molar-refractivity contribution in [1.29, 1.82) is 0 Å². The summed E-state index contributed by atoms with van der Waals surface area (Å²) in [6, 6.07) is 7.44. The second kappa shape index (κ2) is 11.2. The van der Waals surface area contributed by atoms with Gasteiger partial charge in [-0.3, -0.25) is 9.89 Å². The highest BCUT2D eigenvalue weighted by Gasteiger charge is 2.25. The number of aryl methyl sites for hydroxylation is 1. The lowest BCUT2D eigenvalue weighted by molar-refractivity contribution is -0.145. The topological polar surface area (TPSA) is 88.1 Å². The molecule has 0 spiro atoms. The van der Waals surface area contributed by atoms with Gasteiger partial charge in [-0.2, -0.15) is 0 Å². The molecule has 7 heteroatoms. The zero-order chi connectivity index (χ0) is 24.9. The Bertz CT molecular complexity index is 1130. The van der Waals surface area contributed by atoms with Gasteiger partial charge in [0.05, 0.1) is 17.1 Å². The molecular weight excluding hydrogens is 450 g/mol. The molecule has 0 fully saturated rings. The summed E-state index contributed by atoms with van der Waals surface area (Å²) < 4.78 is 5.58. The molecule has 3 aromatic rings. The van der Waals surface area contributed by atoms with E-state index in [1.807, 2.05) is 39.0 Å². The first kappa shape index (κ1) is 26.0. The van der Waals surface area contributed by atoms with Crippen LogP contribution in [-0.2, 0) is 21.4 Å². The fourth-order valence-corrected chi connectivity index (χ4v) is 4.43. The number of hydrogen-bond acceptors (Lipinski definition) is 5. The van der Waals surface area contributed by atoms with Crippen molar-refractivity contribution in [3.8, 4) is 16.9 Å². The summed E-state index contributed by atoms with van der Waals surface area (Å²) >= 11 is 6.57. The van der Waals surface area contributed by atoms with Crippen LogP contribution in [0.15, 0.2) is 24.3 Å². The van der Waals surface area contributed by atoms with Gasteiger partial charge in [-0.15, -0.1) is 5.10 Å². The Labute approximate surface area is 207 Å². The third-order valence-electron chi connectivity index (χ3n) is 6.34. The predicted molar refractivity (Wildman–Crippen MR) is 137 cm³/mol. The first-order valence-electron chi connectivity index (χ1n) is 12.2. The second-order valence-electron chi connectivity index (χ2n) is 10.0. The number of carbonyl (C=O) groups is 1. The molecule has 0 aliphatic rings. The fraction of sp³-hybridized carbons (Fsp3) is 0.519. The molecule has 0 bridgehead atoms. The fourth-order valence-electron chi connectivity index (χ4n) is 4.17. The average Bonchev–Trinajstić information content (AvgIpc) is 3.26. The van der Waals surface area contributed by atoms with Gasteiger partial charge < -0.3 is 9.84 Å². The van der Waals surface area contributed by atoms with Gasteiger partial charge in [0.2, 0.25) is 0 Å². The number of aromatic amines is 1. The van der Waals surface area contributed by atoms with Crippen LogP contribution in [0.1, 0.15) is 77.8 Å². The number of fused-ring (bicyclic) bond motifs is 1. The molecule has 0 saturated heterocycles. The summed E-state index contributed by atoms with van der Waals surface area (Å²) in [5.41, 5.74) is 3.95. The van der Waals surface area contributed by atoms with Gasteiger partial charge in [0.15, 0.2) is 0 Å². The standard InChI is InChI=1S/C27H36ClN3O3/c1-6-8-9-17(7-2)16-34-23(32)13-10-18-14-19(26(33)20(15-18)27(3,4)5)24-21(28)11-12-22-25(24)30-31-29-22/h11-12,14-15,17,33H,6-10,13,16H2,1-5H3,(H,29,30,31). The lowest BCUT2D eigenvalue weighted by Gasteiger charge is -2.24. The number of rotatable bonds is 10. The van der Waals surface area contributed by atoms with E-state index in [1.54, 1.807) is 6.07 Å². The normalized spacial score (nSPS) is 12.8. The van der Waals surface area contributed by atoms with E-state index in [2.05, 4.69) is 29.3 Å². The number of halogens is 1. The van der Waals surface area contributed by atoms with Crippen molar-refractivity contribution in [3.05, 3.63) is 40.4 Å². The maximum Gasteiger partial charge on any atom is 0.306 e. The molecule has 184 valence electrons. The number of carbonyl (C=O) groups excluding carboxylic acids is 1. The van der Waals surface area contributed by atoms with Crippen LogP contribution in [0.25, 0.3) is 22.2 Å². The maximum atomic E-state index is 12.5. The lowest BCUT2D eigenvalue weighted by Crippen LogP contribution is -2.15. The second-order valence-corrected chi connectivity index (χ2v) is 10.4. The van der Waals surface area contributed by atoms with Crippen LogP contribution in [0, 0.1) is 5.92 Å². The SMILES string of the molecule is CCCCC(CC)COC(=O)CCc1cc(-c2c(Cl)ccc3[nH]nnc23)c(O)c(C(C)(C)C)c1. The molecule has 1 atom stereocenters. The number of benzene rings is 2. The lowest BCUT2D eigenvalue weighted by atomic mass is 9.82. The molecule has 3 rings (SSSR count). The molecule has 0 saturated carbocycles. The first-order valence-corrected chi connectivity index (χ1v) is 12.5. The molecule has 2 N–H and O–H groups in total. The Morgan fingerprint density at radius 1 is 1.24 bits per heavy atom. The molecule has 2 aromatic carbocycles. The minimum absolute atomic E-state index is 0.165. The van der Waals surface area contributed by atoms with E-state index in [0.717, 1.165) is 42.3 Å². The Kier molecular flexibility index (Phi) is 8.58. The Morgan fingerprint density at radius 3 is 2.68 bits per heavy atom. The number of phenols is 1. The Morgan fingerprint density at radius 2 is 2.00 bits per heavy atom. The van der Waals surface area contributed by atoms with E-state index in [1.165, 1.54) is 0 Å². The number of nitrogens with zero attached hydrogens (tertiary/aromatic N) is 2. The molecule has 1 heterocycles. The van der Waals surface area contributed by atoms with Crippen molar-refractivity contribution in [2.75, 3.05) is 6.61 Å². The number of H-pyrrole nitrogens is 1. The van der Waals surface area contributed by atoms with Crippen LogP contribution in [0.3, 0.4) is 0 Å². The highest BCUT2D eigenvalue weighted by Crippen LogP contribution is 2.44. The third-order valence-corrected chi connectivity index (χ3v) is 6.65. The molecule has 0 aliphatic heterocycles. The minimum atomic E-state index is -0.312. The number of aromatic nitrogens is 3. The van der Waals surface area contributed by atoms with Crippen molar-refractivity contribution in [2.24, 2.45) is 5.92 Å². The summed E-state index contributed by atoms with van der Waals surface area (Å²) in [7, 11) is 0. The minimum Gasteiger partial charge on any atom is -0.507 e. The quantitative estimate of drug-likeness (QED) is 0.302. The van der Waals surface area contributed by atoms with Gasteiger partial charge in [-0.25, -0.2) is 0 Å². The van der Waals surface area contributed by atoms with E-state index in [4.69, 9.17) is 16.3 Å². The van der Waals surface area contributed by atoms with Gasteiger partial charge in [-0.05, 0) is 47.9 Å². The first-order chi connectivity index (χ1) is 16.2. The van der Waals surface area contributed by atoms with Crippen molar-refractivity contribution >= 4 is 28.6 Å². The zero-order valence-corrected chi connectivity index (χ0v) is 21.6. The summed E-state index contributed by atoms with van der Waals surface area (Å²) in [5, 5.41) is 22.6. The Hall–Kier alpha value is -2.60. The average molecular weight is 486 g/mol. The van der Waals surface area contributed by atoms with Gasteiger partial charge in [0.1, 0.15) is 11.3 Å². The van der Waals surface area contributed by atoms with Crippen LogP contribution >= 0.6 is 11.6 Å². The van der Waals surface area contributed by atoms with E-state index in [0.29, 0.717) is 40.6 Å². The third kappa shape index (κ3) is 6.09. The predicted octanol–water partition coefficient (Wildman–Crippen LogP) is 6.97. The zero-order valence-electron chi connectivity index (χ0n) is 20.9. The molecule has 0 radical (unpaired) electrons. The van der Waals surface area contributed by atoms with E-state index < -0.39 is 0 Å². The number of aromatic hydroxyl groups is 1. The van der Waals surface area contributed by atoms with E-state index in [9.17, 15) is 9.90 Å². The smallest absolute Gasteiger partial charge is 0.306 e. The monoisotopic (exact) mass is 485 g/mol. The van der Waals surface area contributed by atoms with Crippen molar-refractivity contribution in [2.45, 2.75) is 78.6 Å². The van der Waals surface area contributed by atoms with Crippen LogP contribution < -0.4 is 0 Å². The van der Waals surface area contributed by atoms with E-state index >= 15 is 0 Å². The molecule has 34 heavy (non-hydrogen) atoms. The van der Waals surface area contributed by atoms with Crippen LogP contribution in [0.2, 0.25) is 5.02 Å². The molecule has 6 nitrogen and oxygen atoms in total. The number of ether oxygens (including phenoxy) is 1. The van der Waals surface area contributed by atoms with Crippen molar-refractivity contribution in [1.82, 2.24) is 15.4 Å². The summed E-state index contributed by atoms with van der Waals surface area (Å²) in [4.78, 5) is 12.5. The van der Waals surface area contributed by atoms with Crippen molar-refractivity contribution in [3.63, 3.8) is 0 Å². The number of nitrogens with one attached hydrogen (secondary N) is 1. The van der Waals surface area contributed by atoms with Crippen LogP contribution in [0.5, 0.6) is 5.75 Å². The highest BCUT2D eigenvalue weighted by atomic mass is 35.5. The van der Waals surface area contributed by atoms with Crippen LogP contribution in [0.4, 0.5) is 0 Å². The summed E-state index contributed by atoms with van der Waals surface area (Å²) in [6.07, 6.45) is 5.19. The molecule has 0 amide bonds. The van der Waals surface area contributed by atoms with Gasteiger partial charge >= 0.3 is 5.97 Å². The van der Waals surface area contributed by atoms with E-state index in [-0.39, 0.29) is 23.6 Å². The highest BCUT2D eigenvalue weighted by molar-refractivity contribution is 6.35. The number of unbranched alkanes of at least 4 members (excludes halogenated alkanes) is 1. The van der Waals surface area contributed by atoms with Gasteiger partial charge in [0.25, 0.3) is 0 Å². The van der Waals surface area contributed by atoms with Crippen LogP contribution in [-0.4, -0.2) is 33.1 Å². The molecule has 1 unspecified atom stereocenters. The summed E-state index contributed by atoms with van der Waals surface area (Å²) in [5.74, 6) is 0.387. The molecule has 0 aliphatic carbocycles. The Balaban J connectivity index is 1.87. The van der Waals surface area contributed by atoms with Gasteiger partial charge in [0, 0.05) is 23.1 Å². The maximum absolute atomic E-state index is 12.5. The van der Waals surface area contributed by atoms with Crippen molar-refractivity contribution < 1.29 is 14.6 Å². The number of esters is 1. The molecule has 1 aromatic heterocycles. The number of hydrogen-bond donors (Lipinski definition) is 2. The van der Waals surface area contributed by atoms with Gasteiger partial charge in [-0.1, -0.05) is 76.8 Å².